The highest BCUT2D eigenvalue weighted by molar-refractivity contribution is 6.06. The molecule has 4 heteroatoms. The molecule has 1 N–H and O–H groups in total. The molecule has 3 aromatic rings. The summed E-state index contributed by atoms with van der Waals surface area (Å²) in [6.07, 6.45) is 7.27. The molecule has 4 nitrogen and oxygen atoms in total. The van der Waals surface area contributed by atoms with E-state index in [0.29, 0.717) is 11.3 Å². The summed E-state index contributed by atoms with van der Waals surface area (Å²) in [5.74, 6) is -0.127. The lowest BCUT2D eigenvalue weighted by atomic mass is 10.0. The molecule has 0 saturated heterocycles. The lowest BCUT2D eigenvalue weighted by molar-refractivity contribution is 0.102. The van der Waals surface area contributed by atoms with Gasteiger partial charge < -0.3 is 5.32 Å². The Morgan fingerprint density at radius 2 is 1.83 bits per heavy atom. The molecule has 23 heavy (non-hydrogen) atoms. The first kappa shape index (κ1) is 14.9. The van der Waals surface area contributed by atoms with E-state index in [1.54, 1.807) is 12.4 Å². The normalized spacial score (nSPS) is 11.0. The van der Waals surface area contributed by atoms with Crippen molar-refractivity contribution >= 4 is 28.7 Å². The van der Waals surface area contributed by atoms with Gasteiger partial charge in [-0.2, -0.15) is 0 Å². The first-order valence-corrected chi connectivity index (χ1v) is 7.43. The number of aryl methyl sites for hydroxylation is 1. The first-order valence-electron chi connectivity index (χ1n) is 7.43. The number of benzene rings is 2. The van der Waals surface area contributed by atoms with Gasteiger partial charge >= 0.3 is 0 Å². The van der Waals surface area contributed by atoms with Gasteiger partial charge in [0.1, 0.15) is 0 Å². The van der Waals surface area contributed by atoms with Crippen LogP contribution in [0.4, 0.5) is 5.69 Å². The summed E-state index contributed by atoms with van der Waals surface area (Å²) in [6, 6.07) is 11.3. The van der Waals surface area contributed by atoms with Gasteiger partial charge in [0.05, 0.1) is 11.0 Å². The molecule has 114 valence electrons. The molecule has 0 aliphatic rings. The van der Waals surface area contributed by atoms with Crippen molar-refractivity contribution in [3.63, 3.8) is 0 Å². The van der Waals surface area contributed by atoms with Crippen molar-refractivity contribution in [2.45, 2.75) is 13.8 Å². The Labute approximate surface area is 134 Å². The summed E-state index contributed by atoms with van der Waals surface area (Å²) in [4.78, 5) is 20.9. The third-order valence-electron chi connectivity index (χ3n) is 3.58. The topological polar surface area (TPSA) is 54.9 Å². The van der Waals surface area contributed by atoms with E-state index in [2.05, 4.69) is 15.3 Å². The molecule has 0 fully saturated rings. The molecule has 0 aliphatic carbocycles. The third-order valence-corrected chi connectivity index (χ3v) is 3.58. The summed E-state index contributed by atoms with van der Waals surface area (Å²) in [6.45, 7) is 3.91. The zero-order valence-electron chi connectivity index (χ0n) is 13.1. The Hall–Kier alpha value is -3.01. The lowest BCUT2D eigenvalue weighted by Gasteiger charge is -2.09. The Kier molecular flexibility index (Phi) is 4.15. The van der Waals surface area contributed by atoms with Gasteiger partial charge in [0.15, 0.2) is 0 Å². The van der Waals surface area contributed by atoms with E-state index in [1.807, 2.05) is 62.4 Å². The van der Waals surface area contributed by atoms with Crippen LogP contribution in [0.15, 0.2) is 54.9 Å². The number of anilines is 1. The van der Waals surface area contributed by atoms with Crippen molar-refractivity contribution < 1.29 is 4.79 Å². The zero-order valence-corrected chi connectivity index (χ0v) is 13.1. The maximum Gasteiger partial charge on any atom is 0.255 e. The Bertz CT molecular complexity index is 900. The van der Waals surface area contributed by atoms with E-state index < -0.39 is 0 Å². The average molecular weight is 303 g/mol. The highest BCUT2D eigenvalue weighted by Crippen LogP contribution is 2.18. The Morgan fingerprint density at radius 3 is 2.57 bits per heavy atom. The Morgan fingerprint density at radius 1 is 1.04 bits per heavy atom. The number of hydrogen-bond acceptors (Lipinski definition) is 3. The van der Waals surface area contributed by atoms with Crippen molar-refractivity contribution in [3.05, 3.63) is 71.6 Å². The number of hydrogen-bond donors (Lipinski definition) is 1. The van der Waals surface area contributed by atoms with Gasteiger partial charge in [0.25, 0.3) is 5.91 Å². The van der Waals surface area contributed by atoms with Crippen LogP contribution in [0, 0.1) is 6.92 Å². The molecule has 1 aromatic heterocycles. The van der Waals surface area contributed by atoms with Gasteiger partial charge in [0.2, 0.25) is 0 Å². The highest BCUT2D eigenvalue weighted by atomic mass is 16.1. The highest BCUT2D eigenvalue weighted by Gasteiger charge is 2.10. The van der Waals surface area contributed by atoms with E-state index in [0.717, 1.165) is 22.2 Å². The zero-order chi connectivity index (χ0) is 16.2. The van der Waals surface area contributed by atoms with Crippen molar-refractivity contribution in [1.82, 2.24) is 9.97 Å². The van der Waals surface area contributed by atoms with Crippen LogP contribution in [0.25, 0.3) is 17.1 Å². The van der Waals surface area contributed by atoms with Gasteiger partial charge in [0, 0.05) is 23.6 Å². The van der Waals surface area contributed by atoms with E-state index >= 15 is 0 Å². The lowest BCUT2D eigenvalue weighted by Crippen LogP contribution is -2.13. The van der Waals surface area contributed by atoms with Crippen molar-refractivity contribution in [3.8, 4) is 0 Å². The molecular formula is C19H17N3O. The number of nitrogens with zero attached hydrogens (tertiary/aromatic N) is 2. The molecule has 1 amide bonds. The maximum absolute atomic E-state index is 12.5. The van der Waals surface area contributed by atoms with Gasteiger partial charge in [-0.15, -0.1) is 0 Å². The molecule has 0 unspecified atom stereocenters. The number of fused-ring (bicyclic) bond motifs is 1. The SMILES string of the molecule is C/C=C/c1ccc(C(=O)Nc2ccc3nccnc3c2)c(C)c1. The van der Waals surface area contributed by atoms with Crippen molar-refractivity contribution in [2.24, 2.45) is 0 Å². The number of aromatic nitrogens is 2. The van der Waals surface area contributed by atoms with Crippen LogP contribution >= 0.6 is 0 Å². The van der Waals surface area contributed by atoms with Crippen LogP contribution in [-0.2, 0) is 0 Å². The summed E-state index contributed by atoms with van der Waals surface area (Å²) in [5.41, 5.74) is 4.96. The fourth-order valence-electron chi connectivity index (χ4n) is 2.48. The molecule has 0 spiro atoms. The number of allylic oxidation sites excluding steroid dienone is 1. The van der Waals surface area contributed by atoms with Crippen LogP contribution in [0.1, 0.15) is 28.4 Å². The summed E-state index contributed by atoms with van der Waals surface area (Å²) in [5, 5.41) is 2.92. The molecule has 0 bridgehead atoms. The molecule has 0 saturated carbocycles. The van der Waals surface area contributed by atoms with Gasteiger partial charge in [-0.3, -0.25) is 14.8 Å². The molecule has 0 aliphatic heterocycles. The number of carbonyl (C=O) groups is 1. The van der Waals surface area contributed by atoms with Gasteiger partial charge in [-0.05, 0) is 49.2 Å². The van der Waals surface area contributed by atoms with Crippen LogP contribution in [-0.4, -0.2) is 15.9 Å². The fraction of sp³-hybridized carbons (Fsp3) is 0.105. The number of nitrogens with one attached hydrogen (secondary N) is 1. The predicted octanol–water partition coefficient (Wildman–Crippen LogP) is 4.22. The Balaban J connectivity index is 1.85. The van der Waals surface area contributed by atoms with Crippen LogP contribution in [0.2, 0.25) is 0 Å². The van der Waals surface area contributed by atoms with E-state index in [4.69, 9.17) is 0 Å². The quantitative estimate of drug-likeness (QED) is 0.788. The second-order valence-electron chi connectivity index (χ2n) is 5.29. The minimum atomic E-state index is -0.127. The first-order chi connectivity index (χ1) is 11.2. The molecular weight excluding hydrogens is 286 g/mol. The van der Waals surface area contributed by atoms with E-state index in [-0.39, 0.29) is 5.91 Å². The van der Waals surface area contributed by atoms with Gasteiger partial charge in [-0.25, -0.2) is 0 Å². The molecule has 3 rings (SSSR count). The van der Waals surface area contributed by atoms with Crippen molar-refractivity contribution in [1.29, 1.82) is 0 Å². The van der Waals surface area contributed by atoms with Crippen LogP contribution < -0.4 is 5.32 Å². The minimum absolute atomic E-state index is 0.127. The minimum Gasteiger partial charge on any atom is -0.322 e. The fourth-order valence-corrected chi connectivity index (χ4v) is 2.48. The number of amides is 1. The standard InChI is InChI=1S/C19H17N3O/c1-3-4-14-5-7-16(13(2)11-14)19(23)22-15-6-8-17-18(12-15)21-10-9-20-17/h3-12H,1-2H3,(H,22,23)/b4-3+. The predicted molar refractivity (Wildman–Crippen MR) is 93.4 cm³/mol. The summed E-state index contributed by atoms with van der Waals surface area (Å²) in [7, 11) is 0. The molecule has 2 aromatic carbocycles. The van der Waals surface area contributed by atoms with Crippen LogP contribution in [0.5, 0.6) is 0 Å². The van der Waals surface area contributed by atoms with Crippen molar-refractivity contribution in [2.75, 3.05) is 5.32 Å². The van der Waals surface area contributed by atoms with E-state index in [1.165, 1.54) is 0 Å². The number of rotatable bonds is 3. The molecule has 1 heterocycles. The van der Waals surface area contributed by atoms with Crippen LogP contribution in [0.3, 0.4) is 0 Å². The smallest absolute Gasteiger partial charge is 0.255 e. The second kappa shape index (κ2) is 6.40. The maximum atomic E-state index is 12.5. The summed E-state index contributed by atoms with van der Waals surface area (Å²) < 4.78 is 0. The second-order valence-corrected chi connectivity index (χ2v) is 5.29. The average Bonchev–Trinajstić information content (AvgIpc) is 2.55. The van der Waals surface area contributed by atoms with E-state index in [9.17, 15) is 4.79 Å². The third kappa shape index (κ3) is 3.26. The number of carbonyl (C=O) groups excluding carboxylic acids is 1. The molecule has 0 atom stereocenters. The largest absolute Gasteiger partial charge is 0.322 e. The van der Waals surface area contributed by atoms with Gasteiger partial charge in [-0.1, -0.05) is 24.3 Å². The molecule has 0 radical (unpaired) electrons. The summed E-state index contributed by atoms with van der Waals surface area (Å²) >= 11 is 0. The monoisotopic (exact) mass is 303 g/mol.